The van der Waals surface area contributed by atoms with Crippen LogP contribution in [0.3, 0.4) is 0 Å². The average Bonchev–Trinajstić information content (AvgIpc) is 2.61. The van der Waals surface area contributed by atoms with Crippen LogP contribution in [0.15, 0.2) is 47.6 Å². The predicted molar refractivity (Wildman–Crippen MR) is 107 cm³/mol. The van der Waals surface area contributed by atoms with Crippen molar-refractivity contribution >= 4 is 28.8 Å². The molecule has 1 aliphatic rings. The Morgan fingerprint density at radius 3 is 2.56 bits per heavy atom. The fraction of sp³-hybridized carbons (Fsp3) is 0.250. The molecule has 0 bridgehead atoms. The van der Waals surface area contributed by atoms with Crippen molar-refractivity contribution in [3.8, 4) is 0 Å². The second-order valence-corrected chi connectivity index (χ2v) is 7.10. The van der Waals surface area contributed by atoms with Crippen LogP contribution in [0.25, 0.3) is 5.57 Å². The minimum atomic E-state index is -0.469. The minimum absolute atomic E-state index is 0.000400. The first kappa shape index (κ1) is 18.6. The Balaban J connectivity index is 1.83. The summed E-state index contributed by atoms with van der Waals surface area (Å²) in [5, 5.41) is 14.7. The SMILES string of the molecule is CC1=CC(C)(C)N(C)c2cc(F)c(/C=N\Nc3ccc([N+](=O)[O-])cc3)cc21. The standard InChI is InChI=1S/C20H21FN4O2/c1-13-11-20(2,3)24(4)19-10-18(21)14(9-17(13)19)12-22-23-15-5-7-16(8-6-15)25(26)27/h5-12,23H,1-4H3/b22-12-. The number of nitro groups is 1. The molecule has 7 heteroatoms. The van der Waals surface area contributed by atoms with Gasteiger partial charge in [-0.15, -0.1) is 0 Å². The van der Waals surface area contributed by atoms with Gasteiger partial charge in [-0.05, 0) is 50.6 Å². The third-order valence-corrected chi connectivity index (χ3v) is 4.81. The van der Waals surface area contributed by atoms with Crippen LogP contribution in [0.5, 0.6) is 0 Å². The minimum Gasteiger partial charge on any atom is -0.365 e. The first-order valence-corrected chi connectivity index (χ1v) is 8.50. The number of fused-ring (bicyclic) bond motifs is 1. The molecule has 0 aliphatic carbocycles. The number of nitro benzene ring substituents is 1. The third kappa shape index (κ3) is 3.67. The molecular formula is C20H21FN4O2. The molecule has 2 aromatic rings. The van der Waals surface area contributed by atoms with Gasteiger partial charge < -0.3 is 4.90 Å². The monoisotopic (exact) mass is 368 g/mol. The Morgan fingerprint density at radius 2 is 1.93 bits per heavy atom. The van der Waals surface area contributed by atoms with Gasteiger partial charge in [0.05, 0.1) is 22.4 Å². The molecule has 0 fully saturated rings. The van der Waals surface area contributed by atoms with Crippen LogP contribution in [0.4, 0.5) is 21.5 Å². The summed E-state index contributed by atoms with van der Waals surface area (Å²) in [4.78, 5) is 12.2. The van der Waals surface area contributed by atoms with E-state index in [9.17, 15) is 14.5 Å². The molecule has 0 atom stereocenters. The van der Waals surface area contributed by atoms with E-state index >= 15 is 0 Å². The highest BCUT2D eigenvalue weighted by Crippen LogP contribution is 2.38. The predicted octanol–water partition coefficient (Wildman–Crippen LogP) is 4.81. The number of benzene rings is 2. The largest absolute Gasteiger partial charge is 0.365 e. The van der Waals surface area contributed by atoms with Crippen LogP contribution >= 0.6 is 0 Å². The van der Waals surface area contributed by atoms with Crippen molar-refractivity contribution in [3.05, 3.63) is 69.5 Å². The molecule has 0 spiro atoms. The van der Waals surface area contributed by atoms with Gasteiger partial charge in [-0.25, -0.2) is 4.39 Å². The first-order valence-electron chi connectivity index (χ1n) is 8.50. The van der Waals surface area contributed by atoms with Crippen LogP contribution < -0.4 is 10.3 Å². The first-order chi connectivity index (χ1) is 12.7. The summed E-state index contributed by atoms with van der Waals surface area (Å²) in [6.07, 6.45) is 3.56. The third-order valence-electron chi connectivity index (χ3n) is 4.81. The van der Waals surface area contributed by atoms with Gasteiger partial charge in [0.25, 0.3) is 5.69 Å². The van der Waals surface area contributed by atoms with Crippen molar-refractivity contribution in [2.24, 2.45) is 5.10 Å². The van der Waals surface area contributed by atoms with Crippen LogP contribution in [0.1, 0.15) is 31.9 Å². The van der Waals surface area contributed by atoms with Gasteiger partial charge in [0, 0.05) is 36.0 Å². The molecule has 0 unspecified atom stereocenters. The number of non-ortho nitro benzene ring substituents is 1. The zero-order valence-electron chi connectivity index (χ0n) is 15.7. The summed E-state index contributed by atoms with van der Waals surface area (Å²) in [6.45, 7) is 6.18. The number of nitrogens with zero attached hydrogens (tertiary/aromatic N) is 3. The number of anilines is 2. The Labute approximate surface area is 157 Å². The van der Waals surface area contributed by atoms with Gasteiger partial charge in [0.1, 0.15) is 5.82 Å². The van der Waals surface area contributed by atoms with E-state index in [4.69, 9.17) is 0 Å². The number of likely N-dealkylation sites (N-methyl/N-ethyl adjacent to an activating group) is 1. The molecule has 27 heavy (non-hydrogen) atoms. The van der Waals surface area contributed by atoms with Gasteiger partial charge >= 0.3 is 0 Å². The summed E-state index contributed by atoms with van der Waals surface area (Å²) in [5.74, 6) is -0.361. The van der Waals surface area contributed by atoms with Crippen LogP contribution in [-0.4, -0.2) is 23.7 Å². The van der Waals surface area contributed by atoms with Crippen molar-refractivity contribution in [3.63, 3.8) is 0 Å². The maximum Gasteiger partial charge on any atom is 0.269 e. The number of hydrazone groups is 1. The van der Waals surface area contributed by atoms with Crippen molar-refractivity contribution in [2.45, 2.75) is 26.3 Å². The van der Waals surface area contributed by atoms with Crippen molar-refractivity contribution in [2.75, 3.05) is 17.4 Å². The van der Waals surface area contributed by atoms with Crippen LogP contribution in [0.2, 0.25) is 0 Å². The van der Waals surface area contributed by atoms with E-state index in [1.54, 1.807) is 18.2 Å². The van der Waals surface area contributed by atoms with Gasteiger partial charge in [0.15, 0.2) is 0 Å². The average molecular weight is 368 g/mol. The molecule has 1 aliphatic heterocycles. The summed E-state index contributed by atoms with van der Waals surface area (Å²) in [7, 11) is 1.95. The van der Waals surface area contributed by atoms with E-state index in [0.717, 1.165) is 16.8 Å². The highest BCUT2D eigenvalue weighted by molar-refractivity contribution is 5.88. The lowest BCUT2D eigenvalue weighted by atomic mass is 9.88. The highest BCUT2D eigenvalue weighted by Gasteiger charge is 2.29. The molecular weight excluding hydrogens is 347 g/mol. The lowest BCUT2D eigenvalue weighted by Crippen LogP contribution is -2.42. The summed E-state index contributed by atoms with van der Waals surface area (Å²) in [5.41, 5.74) is 6.41. The van der Waals surface area contributed by atoms with Gasteiger partial charge in [0.2, 0.25) is 0 Å². The summed E-state index contributed by atoms with van der Waals surface area (Å²) >= 11 is 0. The quantitative estimate of drug-likeness (QED) is 0.477. The summed E-state index contributed by atoms with van der Waals surface area (Å²) in [6, 6.07) is 9.15. The number of hydrogen-bond acceptors (Lipinski definition) is 5. The lowest BCUT2D eigenvalue weighted by Gasteiger charge is -2.40. The normalized spacial score (nSPS) is 15.4. The van der Waals surface area contributed by atoms with E-state index < -0.39 is 4.92 Å². The van der Waals surface area contributed by atoms with E-state index in [0.29, 0.717) is 11.3 Å². The molecule has 6 nitrogen and oxygen atoms in total. The van der Waals surface area contributed by atoms with Gasteiger partial charge in [-0.2, -0.15) is 5.10 Å². The molecule has 0 saturated heterocycles. The molecule has 3 rings (SSSR count). The molecule has 1 heterocycles. The van der Waals surface area contributed by atoms with Gasteiger partial charge in [-0.1, -0.05) is 6.08 Å². The fourth-order valence-corrected chi connectivity index (χ4v) is 3.12. The smallest absolute Gasteiger partial charge is 0.269 e. The number of allylic oxidation sites excluding steroid dienone is 1. The topological polar surface area (TPSA) is 70.8 Å². The Morgan fingerprint density at radius 1 is 1.26 bits per heavy atom. The van der Waals surface area contributed by atoms with E-state index in [2.05, 4.69) is 35.4 Å². The molecule has 0 aromatic heterocycles. The molecule has 0 amide bonds. The maximum absolute atomic E-state index is 14.6. The number of halogens is 1. The Hall–Kier alpha value is -3.22. The Bertz CT molecular complexity index is 949. The fourth-order valence-electron chi connectivity index (χ4n) is 3.12. The van der Waals surface area contributed by atoms with Crippen molar-refractivity contribution in [1.29, 1.82) is 0 Å². The second kappa shape index (κ2) is 6.83. The summed E-state index contributed by atoms with van der Waals surface area (Å²) < 4.78 is 14.6. The maximum atomic E-state index is 14.6. The number of nitrogens with one attached hydrogen (secondary N) is 1. The number of hydrogen-bond donors (Lipinski definition) is 1. The van der Waals surface area contributed by atoms with E-state index in [1.807, 2.05) is 14.0 Å². The van der Waals surface area contributed by atoms with E-state index in [1.165, 1.54) is 24.4 Å². The van der Waals surface area contributed by atoms with Crippen molar-refractivity contribution in [1.82, 2.24) is 0 Å². The molecule has 1 N–H and O–H groups in total. The zero-order valence-corrected chi connectivity index (χ0v) is 15.7. The van der Waals surface area contributed by atoms with Crippen molar-refractivity contribution < 1.29 is 9.31 Å². The van der Waals surface area contributed by atoms with E-state index in [-0.39, 0.29) is 17.0 Å². The van der Waals surface area contributed by atoms with Crippen LogP contribution in [0, 0.1) is 15.9 Å². The second-order valence-electron chi connectivity index (χ2n) is 7.10. The Kier molecular flexibility index (Phi) is 4.70. The lowest BCUT2D eigenvalue weighted by molar-refractivity contribution is -0.384. The molecule has 0 saturated carbocycles. The number of rotatable bonds is 4. The molecule has 2 aromatic carbocycles. The van der Waals surface area contributed by atoms with Gasteiger partial charge in [-0.3, -0.25) is 15.5 Å². The highest BCUT2D eigenvalue weighted by atomic mass is 19.1. The molecule has 0 radical (unpaired) electrons. The van der Waals surface area contributed by atoms with Crippen LogP contribution in [-0.2, 0) is 0 Å². The molecule has 140 valence electrons. The zero-order chi connectivity index (χ0) is 19.8.